The van der Waals surface area contributed by atoms with Gasteiger partial charge in [-0.3, -0.25) is 15.1 Å². The molecule has 1 saturated carbocycles. The number of nitrogens with two attached hydrogens (primary N) is 1. The van der Waals surface area contributed by atoms with Crippen LogP contribution in [0.5, 0.6) is 5.75 Å². The van der Waals surface area contributed by atoms with Gasteiger partial charge in [0.1, 0.15) is 11.6 Å². The van der Waals surface area contributed by atoms with Crippen LogP contribution in [0.4, 0.5) is 11.4 Å². The van der Waals surface area contributed by atoms with Gasteiger partial charge in [-0.05, 0) is 45.0 Å². The summed E-state index contributed by atoms with van der Waals surface area (Å²) in [6.45, 7) is 6.15. The van der Waals surface area contributed by atoms with Crippen LogP contribution in [0.1, 0.15) is 25.3 Å². The van der Waals surface area contributed by atoms with Gasteiger partial charge in [0, 0.05) is 71.7 Å². The molecule has 1 aliphatic carbocycles. The number of halogens is 1. The molecular formula is C29H35ClN6O2. The van der Waals surface area contributed by atoms with Crippen LogP contribution in [-0.2, 0) is 4.79 Å². The summed E-state index contributed by atoms with van der Waals surface area (Å²) in [7, 11) is 5.33. The van der Waals surface area contributed by atoms with Gasteiger partial charge in [0.05, 0.1) is 18.4 Å². The molecule has 3 rings (SSSR count). The van der Waals surface area contributed by atoms with Crippen molar-refractivity contribution < 1.29 is 9.53 Å². The van der Waals surface area contributed by atoms with Crippen LogP contribution in [0.25, 0.3) is 0 Å². The second-order valence-corrected chi connectivity index (χ2v) is 9.55. The Bertz CT molecular complexity index is 1270. The molecule has 9 heteroatoms. The Morgan fingerprint density at radius 3 is 2.53 bits per heavy atom. The minimum Gasteiger partial charge on any atom is -0.497 e. The van der Waals surface area contributed by atoms with Crippen molar-refractivity contribution in [3.8, 4) is 5.75 Å². The lowest BCUT2D eigenvalue weighted by molar-refractivity contribution is -0.113. The molecule has 8 nitrogen and oxygen atoms in total. The van der Waals surface area contributed by atoms with Crippen LogP contribution in [0.15, 0.2) is 83.7 Å². The van der Waals surface area contributed by atoms with E-state index in [-0.39, 0.29) is 11.6 Å². The number of ether oxygens (including phenoxy) is 1. The van der Waals surface area contributed by atoms with E-state index in [9.17, 15) is 4.79 Å². The molecule has 1 fully saturated rings. The number of methoxy groups -OCH3 is 1. The fourth-order valence-corrected chi connectivity index (χ4v) is 3.97. The van der Waals surface area contributed by atoms with E-state index in [2.05, 4.69) is 28.8 Å². The Labute approximate surface area is 229 Å². The summed E-state index contributed by atoms with van der Waals surface area (Å²) in [6, 6.07) is 12.9. The molecular weight excluding hydrogens is 500 g/mol. The largest absolute Gasteiger partial charge is 0.497 e. The molecule has 0 aromatic heterocycles. The third-order valence-corrected chi connectivity index (χ3v) is 6.42. The van der Waals surface area contributed by atoms with Gasteiger partial charge in [0.25, 0.3) is 0 Å². The number of rotatable bonds is 11. The third-order valence-electron chi connectivity index (χ3n) is 6.17. The second-order valence-electron chi connectivity index (χ2n) is 9.12. The van der Waals surface area contributed by atoms with Crippen molar-refractivity contribution in [2.75, 3.05) is 38.0 Å². The quantitative estimate of drug-likeness (QED) is 0.208. The summed E-state index contributed by atoms with van der Waals surface area (Å²) in [4.78, 5) is 21.0. The maximum atomic E-state index is 12.9. The van der Waals surface area contributed by atoms with Gasteiger partial charge in [-0.15, -0.1) is 0 Å². The number of nitrogens with zero attached hydrogens (tertiary/aromatic N) is 3. The van der Waals surface area contributed by atoms with Crippen molar-refractivity contribution in [3.05, 3.63) is 89.3 Å². The molecule has 2 aromatic rings. The summed E-state index contributed by atoms with van der Waals surface area (Å²) in [5.74, 6) is 0.718. The van der Waals surface area contributed by atoms with Gasteiger partial charge in [0.15, 0.2) is 0 Å². The average Bonchev–Trinajstić information content (AvgIpc) is 3.74. The van der Waals surface area contributed by atoms with Crippen LogP contribution >= 0.6 is 11.6 Å². The standard InChI is InChI=1S/C29H35ClN6O2/c1-6-33-29(27(19(2)31)28(32)20-9-11-21(30)12-10-20)34-22-16-24(18-25(17-22)38-5)36(4)26(37)8-7-15-35(3)23-13-14-23/h6-12,16-18,23,32H,1,13-15,31H2,2-5H3,(H,33,34)/b8-7+,27-19+,32-28?. The SMILES string of the molecule is C=CN=C(Nc1cc(OC)cc(N(C)C(=O)/C=C/CN(C)C2CC2)c1)/C(C(=N)c1ccc(Cl)cc1)=C(\C)N. The average molecular weight is 535 g/mol. The first-order valence-electron chi connectivity index (χ1n) is 12.3. The van der Waals surface area contributed by atoms with Gasteiger partial charge in [-0.2, -0.15) is 0 Å². The van der Waals surface area contributed by atoms with E-state index in [1.54, 1.807) is 74.5 Å². The van der Waals surface area contributed by atoms with Gasteiger partial charge >= 0.3 is 0 Å². The summed E-state index contributed by atoms with van der Waals surface area (Å²) in [5, 5.41) is 12.6. The zero-order valence-corrected chi connectivity index (χ0v) is 23.0. The predicted octanol–water partition coefficient (Wildman–Crippen LogP) is 5.22. The lowest BCUT2D eigenvalue weighted by atomic mass is 9.99. The van der Waals surface area contributed by atoms with Crippen molar-refractivity contribution in [2.45, 2.75) is 25.8 Å². The van der Waals surface area contributed by atoms with E-state index in [4.69, 9.17) is 27.5 Å². The zero-order chi connectivity index (χ0) is 27.8. The van der Waals surface area contributed by atoms with Crippen molar-refractivity contribution >= 4 is 40.4 Å². The minimum absolute atomic E-state index is 0.156. The second kappa shape index (κ2) is 13.1. The maximum absolute atomic E-state index is 12.9. The van der Waals surface area contributed by atoms with E-state index >= 15 is 0 Å². The van der Waals surface area contributed by atoms with E-state index in [0.717, 1.165) is 6.54 Å². The highest BCUT2D eigenvalue weighted by Crippen LogP contribution is 2.28. The van der Waals surface area contributed by atoms with E-state index in [1.165, 1.54) is 19.0 Å². The van der Waals surface area contributed by atoms with Crippen LogP contribution in [0, 0.1) is 5.41 Å². The Kier molecular flexibility index (Phi) is 9.87. The molecule has 200 valence electrons. The molecule has 0 atom stereocenters. The van der Waals surface area contributed by atoms with E-state index < -0.39 is 0 Å². The number of nitrogens with one attached hydrogen (secondary N) is 2. The molecule has 2 aromatic carbocycles. The highest BCUT2D eigenvalue weighted by atomic mass is 35.5. The van der Waals surface area contributed by atoms with Crippen molar-refractivity contribution in [2.24, 2.45) is 10.7 Å². The lowest BCUT2D eigenvalue weighted by Gasteiger charge is -2.20. The zero-order valence-electron chi connectivity index (χ0n) is 22.3. The first-order chi connectivity index (χ1) is 18.1. The number of hydrogen-bond acceptors (Lipinski definition) is 6. The van der Waals surface area contributed by atoms with Crippen LogP contribution in [0.2, 0.25) is 5.02 Å². The van der Waals surface area contributed by atoms with E-state index in [1.807, 2.05) is 6.08 Å². The summed E-state index contributed by atoms with van der Waals surface area (Å²) < 4.78 is 5.49. The Balaban J connectivity index is 1.87. The molecule has 0 heterocycles. The normalized spacial score (nSPS) is 14.3. The number of amides is 1. The van der Waals surface area contributed by atoms with Crippen LogP contribution in [-0.4, -0.2) is 56.1 Å². The fraction of sp³-hybridized carbons (Fsp3) is 0.276. The predicted molar refractivity (Wildman–Crippen MR) is 158 cm³/mol. The summed E-state index contributed by atoms with van der Waals surface area (Å²) in [6.07, 6.45) is 7.28. The van der Waals surface area contributed by atoms with E-state index in [0.29, 0.717) is 50.9 Å². The third kappa shape index (κ3) is 7.57. The molecule has 0 bridgehead atoms. The number of aliphatic imine (C=N–C) groups is 1. The number of hydrogen-bond donors (Lipinski definition) is 3. The van der Waals surface area contributed by atoms with Gasteiger partial charge < -0.3 is 20.7 Å². The van der Waals surface area contributed by atoms with Crippen molar-refractivity contribution in [1.29, 1.82) is 5.41 Å². The highest BCUT2D eigenvalue weighted by Gasteiger charge is 2.25. The lowest BCUT2D eigenvalue weighted by Crippen LogP contribution is -2.26. The van der Waals surface area contributed by atoms with Crippen molar-refractivity contribution in [3.63, 3.8) is 0 Å². The van der Waals surface area contributed by atoms with Gasteiger partial charge in [-0.1, -0.05) is 36.4 Å². The van der Waals surface area contributed by atoms with Gasteiger partial charge in [0.2, 0.25) is 5.91 Å². The highest BCUT2D eigenvalue weighted by molar-refractivity contribution is 6.33. The number of likely N-dealkylation sites (N-methyl/N-ethyl adjacent to an activating group) is 2. The fourth-order valence-electron chi connectivity index (χ4n) is 3.84. The van der Waals surface area contributed by atoms with Gasteiger partial charge in [-0.25, -0.2) is 4.99 Å². The smallest absolute Gasteiger partial charge is 0.250 e. The molecule has 0 radical (unpaired) electrons. The molecule has 0 saturated heterocycles. The summed E-state index contributed by atoms with van der Waals surface area (Å²) >= 11 is 6.02. The first kappa shape index (κ1) is 28.7. The molecule has 1 aliphatic rings. The monoisotopic (exact) mass is 534 g/mol. The van der Waals surface area contributed by atoms with Crippen molar-refractivity contribution in [1.82, 2.24) is 4.90 Å². The number of anilines is 2. The number of carbonyl (C=O) groups is 1. The molecule has 0 aliphatic heterocycles. The molecule has 4 N–H and O–H groups in total. The Morgan fingerprint density at radius 1 is 1.26 bits per heavy atom. The Hall–Kier alpha value is -3.88. The minimum atomic E-state index is -0.156. The number of allylic oxidation sites excluding steroid dienone is 1. The topological polar surface area (TPSA) is 107 Å². The molecule has 0 unspecified atom stereocenters. The van der Waals surface area contributed by atoms with Crippen LogP contribution in [0.3, 0.4) is 0 Å². The first-order valence-corrected chi connectivity index (χ1v) is 12.6. The molecule has 1 amide bonds. The number of amidine groups is 1. The summed E-state index contributed by atoms with van der Waals surface area (Å²) in [5.41, 5.74) is 9.05. The number of benzene rings is 2. The number of carbonyl (C=O) groups excluding carboxylic acids is 1. The van der Waals surface area contributed by atoms with Crippen LogP contribution < -0.4 is 20.7 Å². The molecule has 38 heavy (non-hydrogen) atoms. The Morgan fingerprint density at radius 2 is 1.95 bits per heavy atom. The maximum Gasteiger partial charge on any atom is 0.250 e. The molecule has 0 spiro atoms.